The predicted octanol–water partition coefficient (Wildman–Crippen LogP) is 2.11. The average molecular weight is 363 g/mol. The van der Waals surface area contributed by atoms with E-state index in [4.69, 9.17) is 10.00 Å². The van der Waals surface area contributed by atoms with Crippen molar-refractivity contribution in [1.82, 2.24) is 5.32 Å². The largest absolute Gasteiger partial charge is 0.484 e. The minimum atomic E-state index is -1.71. The maximum absolute atomic E-state index is 13.4. The summed E-state index contributed by atoms with van der Waals surface area (Å²) in [5.41, 5.74) is -0.111. The van der Waals surface area contributed by atoms with Gasteiger partial charge in [0.1, 0.15) is 5.75 Å². The van der Waals surface area contributed by atoms with Gasteiger partial charge in [-0.15, -0.1) is 0 Å². The lowest BCUT2D eigenvalue weighted by Gasteiger charge is -2.09. The SMILES string of the molecule is N#Cc1ccc(OCC(=O)NCC(=O)Nc2ccc(F)c(F)c2F)cc1. The quantitative estimate of drug-likeness (QED) is 0.769. The highest BCUT2D eigenvalue weighted by Gasteiger charge is 2.15. The molecule has 0 saturated carbocycles. The van der Waals surface area contributed by atoms with Crippen molar-refractivity contribution in [3.8, 4) is 11.8 Å². The number of benzene rings is 2. The summed E-state index contributed by atoms with van der Waals surface area (Å²) in [6, 6.07) is 9.49. The smallest absolute Gasteiger partial charge is 0.258 e. The van der Waals surface area contributed by atoms with Crippen LogP contribution < -0.4 is 15.4 Å². The number of hydrogen-bond acceptors (Lipinski definition) is 4. The fourth-order valence-electron chi connectivity index (χ4n) is 1.82. The number of rotatable bonds is 6. The summed E-state index contributed by atoms with van der Waals surface area (Å²) >= 11 is 0. The molecule has 0 unspecified atom stereocenters. The molecule has 0 bridgehead atoms. The minimum Gasteiger partial charge on any atom is -0.484 e. The van der Waals surface area contributed by atoms with Crippen molar-refractivity contribution in [3.63, 3.8) is 0 Å². The van der Waals surface area contributed by atoms with Crippen LogP contribution in [-0.4, -0.2) is 25.0 Å². The Morgan fingerprint density at radius 3 is 2.35 bits per heavy atom. The van der Waals surface area contributed by atoms with Crippen LogP contribution in [0.2, 0.25) is 0 Å². The lowest BCUT2D eigenvalue weighted by atomic mass is 10.2. The Bertz CT molecular complexity index is 864. The fourth-order valence-corrected chi connectivity index (χ4v) is 1.82. The summed E-state index contributed by atoms with van der Waals surface area (Å²) in [5, 5.41) is 12.9. The van der Waals surface area contributed by atoms with E-state index in [9.17, 15) is 22.8 Å². The Labute approximate surface area is 146 Å². The number of nitriles is 1. The molecule has 0 fully saturated rings. The van der Waals surface area contributed by atoms with Crippen molar-refractivity contribution < 1.29 is 27.5 Å². The van der Waals surface area contributed by atoms with E-state index in [1.54, 1.807) is 0 Å². The van der Waals surface area contributed by atoms with Crippen LogP contribution in [0.15, 0.2) is 36.4 Å². The molecule has 0 aliphatic rings. The number of anilines is 1. The zero-order chi connectivity index (χ0) is 19.1. The Hall–Kier alpha value is -3.54. The standard InChI is InChI=1S/C17H12F3N3O3/c18-12-5-6-13(17(20)16(12)19)23-14(24)8-22-15(25)9-26-11-3-1-10(7-21)2-4-11/h1-6H,8-9H2,(H,22,25)(H,23,24). The van der Waals surface area contributed by atoms with Gasteiger partial charge in [-0.25, -0.2) is 13.2 Å². The number of nitrogens with one attached hydrogen (secondary N) is 2. The van der Waals surface area contributed by atoms with Gasteiger partial charge in [-0.2, -0.15) is 5.26 Å². The molecule has 2 aromatic rings. The van der Waals surface area contributed by atoms with Gasteiger partial charge in [0, 0.05) is 0 Å². The number of hydrogen-bond donors (Lipinski definition) is 2. The van der Waals surface area contributed by atoms with E-state index in [1.165, 1.54) is 24.3 Å². The van der Waals surface area contributed by atoms with Crippen LogP contribution in [0.25, 0.3) is 0 Å². The van der Waals surface area contributed by atoms with E-state index in [0.29, 0.717) is 17.4 Å². The molecule has 0 atom stereocenters. The summed E-state index contributed by atoms with van der Waals surface area (Å²) < 4.78 is 44.5. The monoisotopic (exact) mass is 363 g/mol. The minimum absolute atomic E-state index is 0.354. The van der Waals surface area contributed by atoms with Crippen molar-refractivity contribution >= 4 is 17.5 Å². The third-order valence-corrected chi connectivity index (χ3v) is 3.11. The van der Waals surface area contributed by atoms with E-state index >= 15 is 0 Å². The third-order valence-electron chi connectivity index (χ3n) is 3.11. The molecule has 26 heavy (non-hydrogen) atoms. The van der Waals surface area contributed by atoms with Crippen LogP contribution in [0.3, 0.4) is 0 Å². The second-order valence-electron chi connectivity index (χ2n) is 4.97. The van der Waals surface area contributed by atoms with Gasteiger partial charge >= 0.3 is 0 Å². The highest BCUT2D eigenvalue weighted by Crippen LogP contribution is 2.19. The van der Waals surface area contributed by atoms with Crippen LogP contribution in [-0.2, 0) is 9.59 Å². The number of amides is 2. The van der Waals surface area contributed by atoms with E-state index < -0.39 is 48.1 Å². The van der Waals surface area contributed by atoms with Gasteiger partial charge < -0.3 is 15.4 Å². The van der Waals surface area contributed by atoms with Gasteiger partial charge in [0.25, 0.3) is 5.91 Å². The molecule has 0 saturated heterocycles. The summed E-state index contributed by atoms with van der Waals surface area (Å²) in [5.74, 6) is -5.73. The number of carbonyl (C=O) groups is 2. The van der Waals surface area contributed by atoms with Crippen molar-refractivity contribution in [1.29, 1.82) is 5.26 Å². The molecule has 2 N–H and O–H groups in total. The topological polar surface area (TPSA) is 91.2 Å². The first-order valence-electron chi connectivity index (χ1n) is 7.23. The van der Waals surface area contributed by atoms with Gasteiger partial charge in [0.05, 0.1) is 23.9 Å². The maximum Gasteiger partial charge on any atom is 0.258 e. The average Bonchev–Trinajstić information content (AvgIpc) is 2.65. The first-order chi connectivity index (χ1) is 12.4. The lowest BCUT2D eigenvalue weighted by molar-refractivity contribution is -0.125. The number of carbonyl (C=O) groups excluding carboxylic acids is 2. The molecule has 0 aliphatic carbocycles. The van der Waals surface area contributed by atoms with Crippen molar-refractivity contribution in [3.05, 3.63) is 59.4 Å². The molecular weight excluding hydrogens is 351 g/mol. The van der Waals surface area contributed by atoms with Gasteiger partial charge in [-0.05, 0) is 36.4 Å². The summed E-state index contributed by atoms with van der Waals surface area (Å²) in [6.07, 6.45) is 0. The molecule has 9 heteroatoms. The molecule has 2 aromatic carbocycles. The Morgan fingerprint density at radius 1 is 1.00 bits per heavy atom. The summed E-state index contributed by atoms with van der Waals surface area (Å²) in [7, 11) is 0. The molecule has 2 rings (SSSR count). The number of halogens is 3. The number of nitrogens with zero attached hydrogens (tertiary/aromatic N) is 1. The molecule has 0 aliphatic heterocycles. The normalized spacial score (nSPS) is 9.92. The predicted molar refractivity (Wildman–Crippen MR) is 84.6 cm³/mol. The van der Waals surface area contributed by atoms with Crippen molar-refractivity contribution in [2.24, 2.45) is 0 Å². The fraction of sp³-hybridized carbons (Fsp3) is 0.118. The molecule has 0 heterocycles. The van der Waals surface area contributed by atoms with Gasteiger partial charge in [-0.1, -0.05) is 0 Å². The molecule has 134 valence electrons. The van der Waals surface area contributed by atoms with Crippen LogP contribution in [0.5, 0.6) is 5.75 Å². The van der Waals surface area contributed by atoms with E-state index in [2.05, 4.69) is 5.32 Å². The van der Waals surface area contributed by atoms with Gasteiger partial charge in [0.2, 0.25) is 5.91 Å². The first kappa shape index (κ1) is 18.8. The summed E-state index contributed by atoms with van der Waals surface area (Å²) in [4.78, 5) is 23.2. The zero-order valence-electron chi connectivity index (χ0n) is 13.2. The van der Waals surface area contributed by atoms with Crippen LogP contribution in [0.1, 0.15) is 5.56 Å². The van der Waals surface area contributed by atoms with Gasteiger partial charge in [-0.3, -0.25) is 9.59 Å². The highest BCUT2D eigenvalue weighted by molar-refractivity contribution is 5.94. The number of ether oxygens (including phenoxy) is 1. The Kier molecular flexibility index (Phi) is 6.16. The molecule has 0 radical (unpaired) electrons. The van der Waals surface area contributed by atoms with E-state index in [0.717, 1.165) is 6.07 Å². The van der Waals surface area contributed by atoms with Crippen molar-refractivity contribution in [2.45, 2.75) is 0 Å². The molecule has 0 spiro atoms. The maximum atomic E-state index is 13.4. The third kappa shape index (κ3) is 4.98. The van der Waals surface area contributed by atoms with Crippen LogP contribution in [0, 0.1) is 28.8 Å². The second kappa shape index (κ2) is 8.53. The zero-order valence-corrected chi connectivity index (χ0v) is 13.2. The summed E-state index contributed by atoms with van der Waals surface area (Å²) in [6.45, 7) is -0.910. The molecule has 2 amide bonds. The lowest BCUT2D eigenvalue weighted by Crippen LogP contribution is -2.36. The van der Waals surface area contributed by atoms with Crippen LogP contribution in [0.4, 0.5) is 18.9 Å². The Morgan fingerprint density at radius 2 is 1.69 bits per heavy atom. The Balaban J connectivity index is 1.79. The van der Waals surface area contributed by atoms with Crippen LogP contribution >= 0.6 is 0 Å². The highest BCUT2D eigenvalue weighted by atomic mass is 19.2. The van der Waals surface area contributed by atoms with Crippen molar-refractivity contribution in [2.75, 3.05) is 18.5 Å². The first-order valence-corrected chi connectivity index (χ1v) is 7.23. The molecule has 6 nitrogen and oxygen atoms in total. The molecule has 0 aromatic heterocycles. The molecular formula is C17H12F3N3O3. The van der Waals surface area contributed by atoms with Gasteiger partial charge in [0.15, 0.2) is 24.1 Å². The van der Waals surface area contributed by atoms with E-state index in [-0.39, 0.29) is 0 Å². The second-order valence-corrected chi connectivity index (χ2v) is 4.97. The van der Waals surface area contributed by atoms with E-state index in [1.807, 2.05) is 11.4 Å².